The van der Waals surface area contributed by atoms with Gasteiger partial charge in [0, 0.05) is 24.6 Å². The molecular formula is C16H25ClN2O3. The number of benzene rings is 1. The lowest BCUT2D eigenvalue weighted by atomic mass is 10.1. The molecule has 22 heavy (non-hydrogen) atoms. The molecule has 0 bridgehead atoms. The Labute approximate surface area is 138 Å². The second-order valence-corrected chi connectivity index (χ2v) is 6.48. The largest absolute Gasteiger partial charge is 1.00 e. The molecule has 1 aliphatic rings. The van der Waals surface area contributed by atoms with Crippen LogP contribution in [-0.2, 0) is 4.79 Å². The molecule has 0 saturated carbocycles. The lowest BCUT2D eigenvalue weighted by molar-refractivity contribution is -0.861. The minimum Gasteiger partial charge on any atom is -1.00 e. The number of hydrogen-bond donors (Lipinski definition) is 1. The average molecular weight is 329 g/mol. The van der Waals surface area contributed by atoms with Gasteiger partial charge in [-0.05, 0) is 12.1 Å². The maximum Gasteiger partial charge on any atom is 0.279 e. The Kier molecular flexibility index (Phi) is 5.70. The van der Waals surface area contributed by atoms with Gasteiger partial charge in [-0.2, -0.15) is 0 Å². The molecule has 2 rings (SSSR count). The standard InChI is InChI=1S/C16H24N2O3.ClH/c1-6-16(7-2)20-13-9-8-12(10-14(13)21-16)17-15(19)11-18(3,4)5;/h8-10H,6-7,11H2,1-5H3;1H. The van der Waals surface area contributed by atoms with E-state index in [0.29, 0.717) is 16.8 Å². The molecule has 0 atom stereocenters. The molecule has 0 aromatic heterocycles. The molecule has 0 radical (unpaired) electrons. The Hall–Kier alpha value is -1.46. The monoisotopic (exact) mass is 328 g/mol. The van der Waals surface area contributed by atoms with Gasteiger partial charge in [0.25, 0.3) is 11.7 Å². The molecule has 1 N–H and O–H groups in total. The van der Waals surface area contributed by atoms with Crippen molar-refractivity contribution < 1.29 is 31.2 Å². The number of nitrogens with one attached hydrogen (secondary N) is 1. The molecule has 1 aliphatic heterocycles. The van der Waals surface area contributed by atoms with E-state index < -0.39 is 5.79 Å². The average Bonchev–Trinajstić information content (AvgIpc) is 2.75. The van der Waals surface area contributed by atoms with Crippen molar-refractivity contribution >= 4 is 11.6 Å². The van der Waals surface area contributed by atoms with Gasteiger partial charge in [0.1, 0.15) is 0 Å². The van der Waals surface area contributed by atoms with Crippen molar-refractivity contribution in [1.82, 2.24) is 0 Å². The fourth-order valence-electron chi connectivity index (χ4n) is 2.34. The van der Waals surface area contributed by atoms with Crippen LogP contribution in [0.3, 0.4) is 0 Å². The summed E-state index contributed by atoms with van der Waals surface area (Å²) in [5.74, 6) is 0.858. The van der Waals surface area contributed by atoms with Crippen LogP contribution >= 0.6 is 0 Å². The Morgan fingerprint density at radius 2 is 1.73 bits per heavy atom. The Bertz CT molecular complexity index is 537. The number of rotatable bonds is 5. The number of nitrogens with zero attached hydrogens (tertiary/aromatic N) is 1. The first-order chi connectivity index (χ1) is 9.77. The second kappa shape index (κ2) is 6.75. The maximum absolute atomic E-state index is 12.0. The SMILES string of the molecule is CCC1(CC)Oc2ccc(NC(=O)C[N+](C)(C)C)cc2O1.[Cl-]. The number of anilines is 1. The van der Waals surface area contributed by atoms with E-state index >= 15 is 0 Å². The van der Waals surface area contributed by atoms with E-state index in [0.717, 1.165) is 24.3 Å². The topological polar surface area (TPSA) is 47.6 Å². The van der Waals surface area contributed by atoms with Gasteiger partial charge in [0.2, 0.25) is 0 Å². The van der Waals surface area contributed by atoms with E-state index in [9.17, 15) is 4.79 Å². The number of hydrogen-bond acceptors (Lipinski definition) is 3. The Balaban J connectivity index is 0.00000242. The van der Waals surface area contributed by atoms with Gasteiger partial charge in [0.15, 0.2) is 18.0 Å². The first kappa shape index (κ1) is 18.6. The summed E-state index contributed by atoms with van der Waals surface area (Å²) in [5, 5.41) is 2.90. The van der Waals surface area contributed by atoms with Crippen LogP contribution in [0.1, 0.15) is 26.7 Å². The highest BCUT2D eigenvalue weighted by Crippen LogP contribution is 2.43. The number of likely N-dealkylation sites (N-methyl/N-ethyl adjacent to an activating group) is 1. The van der Waals surface area contributed by atoms with Crippen molar-refractivity contribution in [2.45, 2.75) is 32.5 Å². The van der Waals surface area contributed by atoms with Crippen molar-refractivity contribution in [2.24, 2.45) is 0 Å². The van der Waals surface area contributed by atoms with Crippen LogP contribution in [0.4, 0.5) is 5.69 Å². The molecule has 0 aliphatic carbocycles. The summed E-state index contributed by atoms with van der Waals surface area (Å²) in [4.78, 5) is 12.0. The number of fused-ring (bicyclic) bond motifs is 1. The molecule has 1 aromatic carbocycles. The van der Waals surface area contributed by atoms with Gasteiger partial charge < -0.3 is 31.7 Å². The van der Waals surface area contributed by atoms with Gasteiger partial charge in [-0.3, -0.25) is 4.79 Å². The smallest absolute Gasteiger partial charge is 0.279 e. The Morgan fingerprint density at radius 3 is 2.27 bits per heavy atom. The third-order valence-electron chi connectivity index (χ3n) is 3.51. The highest BCUT2D eigenvalue weighted by atomic mass is 35.5. The first-order valence-electron chi connectivity index (χ1n) is 7.39. The van der Waals surface area contributed by atoms with Gasteiger partial charge in [-0.25, -0.2) is 0 Å². The lowest BCUT2D eigenvalue weighted by Crippen LogP contribution is -3.00. The predicted molar refractivity (Wildman–Crippen MR) is 82.5 cm³/mol. The van der Waals surface area contributed by atoms with Crippen LogP contribution in [-0.4, -0.2) is 43.9 Å². The minimum absolute atomic E-state index is 0. The summed E-state index contributed by atoms with van der Waals surface area (Å²) in [7, 11) is 5.95. The minimum atomic E-state index is -0.562. The molecule has 0 saturated heterocycles. The third-order valence-corrected chi connectivity index (χ3v) is 3.51. The predicted octanol–water partition coefficient (Wildman–Crippen LogP) is -0.377. The fraction of sp³-hybridized carbons (Fsp3) is 0.562. The zero-order chi connectivity index (χ0) is 15.7. The zero-order valence-corrected chi connectivity index (χ0v) is 14.7. The van der Waals surface area contributed by atoms with E-state index in [4.69, 9.17) is 9.47 Å². The van der Waals surface area contributed by atoms with Crippen molar-refractivity contribution in [3.05, 3.63) is 18.2 Å². The number of carbonyl (C=O) groups excluding carboxylic acids is 1. The van der Waals surface area contributed by atoms with Gasteiger partial charge in [-0.15, -0.1) is 0 Å². The zero-order valence-electron chi connectivity index (χ0n) is 13.9. The molecule has 1 aromatic rings. The molecule has 1 heterocycles. The van der Waals surface area contributed by atoms with Crippen LogP contribution in [0.25, 0.3) is 0 Å². The normalized spacial score (nSPS) is 15.1. The van der Waals surface area contributed by atoms with E-state index in [2.05, 4.69) is 5.32 Å². The van der Waals surface area contributed by atoms with E-state index in [-0.39, 0.29) is 18.3 Å². The molecule has 124 valence electrons. The number of amides is 1. The highest BCUT2D eigenvalue weighted by molar-refractivity contribution is 5.92. The summed E-state index contributed by atoms with van der Waals surface area (Å²) in [6, 6.07) is 5.52. The second-order valence-electron chi connectivity index (χ2n) is 6.48. The van der Waals surface area contributed by atoms with Crippen LogP contribution < -0.4 is 27.2 Å². The lowest BCUT2D eigenvalue weighted by Gasteiger charge is -2.24. The third kappa shape index (κ3) is 4.27. The molecule has 6 heteroatoms. The maximum atomic E-state index is 12.0. The van der Waals surface area contributed by atoms with Crippen molar-refractivity contribution in [3.8, 4) is 11.5 Å². The van der Waals surface area contributed by atoms with E-state index in [1.54, 1.807) is 0 Å². The van der Waals surface area contributed by atoms with Crippen LogP contribution in [0, 0.1) is 0 Å². The van der Waals surface area contributed by atoms with Crippen LogP contribution in [0.15, 0.2) is 18.2 Å². The number of halogens is 1. The summed E-state index contributed by atoms with van der Waals surface area (Å²) in [6.45, 7) is 4.50. The van der Waals surface area contributed by atoms with Crippen molar-refractivity contribution in [2.75, 3.05) is 33.0 Å². The molecule has 0 spiro atoms. The molecule has 5 nitrogen and oxygen atoms in total. The summed E-state index contributed by atoms with van der Waals surface area (Å²) < 4.78 is 12.4. The van der Waals surface area contributed by atoms with E-state index in [1.165, 1.54) is 0 Å². The van der Waals surface area contributed by atoms with E-state index in [1.807, 2.05) is 53.2 Å². The van der Waals surface area contributed by atoms with Gasteiger partial charge in [0.05, 0.1) is 21.1 Å². The summed E-state index contributed by atoms with van der Waals surface area (Å²) in [5.41, 5.74) is 0.735. The molecule has 0 fully saturated rings. The van der Waals surface area contributed by atoms with Gasteiger partial charge in [-0.1, -0.05) is 13.8 Å². The molecular weight excluding hydrogens is 304 g/mol. The number of quaternary nitrogens is 1. The Morgan fingerprint density at radius 1 is 1.14 bits per heavy atom. The van der Waals surface area contributed by atoms with Crippen LogP contribution in [0.2, 0.25) is 0 Å². The van der Waals surface area contributed by atoms with Crippen molar-refractivity contribution in [3.63, 3.8) is 0 Å². The van der Waals surface area contributed by atoms with Gasteiger partial charge >= 0.3 is 0 Å². The number of carbonyl (C=O) groups is 1. The quantitative estimate of drug-likeness (QED) is 0.750. The highest BCUT2D eigenvalue weighted by Gasteiger charge is 2.38. The summed E-state index contributed by atoms with van der Waals surface area (Å²) >= 11 is 0. The van der Waals surface area contributed by atoms with Crippen molar-refractivity contribution in [1.29, 1.82) is 0 Å². The number of ether oxygens (including phenoxy) is 2. The first-order valence-corrected chi connectivity index (χ1v) is 7.39. The van der Waals surface area contributed by atoms with Crippen LogP contribution in [0.5, 0.6) is 11.5 Å². The molecule has 0 unspecified atom stereocenters. The fourth-order valence-corrected chi connectivity index (χ4v) is 2.34. The molecule has 1 amide bonds. The summed E-state index contributed by atoms with van der Waals surface area (Å²) in [6.07, 6.45) is 1.56.